The van der Waals surface area contributed by atoms with Crippen LogP contribution in [0.4, 0.5) is 9.18 Å². The first-order chi connectivity index (χ1) is 19.0. The van der Waals surface area contributed by atoms with Gasteiger partial charge in [-0.1, -0.05) is 49.6 Å². The van der Waals surface area contributed by atoms with E-state index in [4.69, 9.17) is 9.72 Å². The van der Waals surface area contributed by atoms with Gasteiger partial charge in [0.05, 0.1) is 17.8 Å². The molecule has 5 rings (SSSR count). The first kappa shape index (κ1) is 27.5. The molecule has 1 aliphatic heterocycles. The molecular formula is C31H39FN4O3. The van der Waals surface area contributed by atoms with Crippen molar-refractivity contribution in [2.24, 2.45) is 5.92 Å². The molecule has 1 aliphatic carbocycles. The lowest BCUT2D eigenvalue weighted by molar-refractivity contribution is 0.108. The van der Waals surface area contributed by atoms with E-state index >= 15 is 0 Å². The van der Waals surface area contributed by atoms with Gasteiger partial charge in [0.1, 0.15) is 11.6 Å². The number of aliphatic hydroxyl groups is 1. The average Bonchev–Trinajstić information content (AvgIpc) is 2.96. The number of hydrogen-bond donors (Lipinski definition) is 2. The van der Waals surface area contributed by atoms with Crippen LogP contribution in [0.5, 0.6) is 5.75 Å². The Morgan fingerprint density at radius 2 is 1.79 bits per heavy atom. The summed E-state index contributed by atoms with van der Waals surface area (Å²) >= 11 is 0. The molecule has 2 fully saturated rings. The summed E-state index contributed by atoms with van der Waals surface area (Å²) in [6, 6.07) is 14.3. The Balaban J connectivity index is 1.51. The molecule has 7 nitrogen and oxygen atoms in total. The third-order valence-electron chi connectivity index (χ3n) is 8.20. The third kappa shape index (κ3) is 6.75. The van der Waals surface area contributed by atoms with E-state index < -0.39 is 11.9 Å². The fraction of sp³-hybridized carbons (Fsp3) is 0.484. The Morgan fingerprint density at radius 3 is 2.51 bits per heavy atom. The van der Waals surface area contributed by atoms with Gasteiger partial charge in [0.2, 0.25) is 0 Å². The molecule has 208 valence electrons. The van der Waals surface area contributed by atoms with Gasteiger partial charge in [-0.2, -0.15) is 0 Å². The highest BCUT2D eigenvalue weighted by molar-refractivity contribution is 5.92. The van der Waals surface area contributed by atoms with E-state index in [1.54, 1.807) is 6.07 Å². The van der Waals surface area contributed by atoms with Crippen molar-refractivity contribution in [1.82, 2.24) is 20.1 Å². The smallest absolute Gasteiger partial charge is 0.409 e. The number of pyridine rings is 1. The number of carbonyl (C=O) groups is 1. The highest BCUT2D eigenvalue weighted by Gasteiger charge is 2.27. The maximum absolute atomic E-state index is 14.5. The molecule has 3 aromatic rings. The summed E-state index contributed by atoms with van der Waals surface area (Å²) in [6.45, 7) is 6.65. The van der Waals surface area contributed by atoms with Crippen molar-refractivity contribution in [3.63, 3.8) is 0 Å². The van der Waals surface area contributed by atoms with Crippen molar-refractivity contribution in [3.05, 3.63) is 59.9 Å². The Hall–Kier alpha value is -3.07. The van der Waals surface area contributed by atoms with Gasteiger partial charge >= 0.3 is 6.09 Å². The molecule has 2 heterocycles. The number of carbonyl (C=O) groups excluding carboxylic acids is 1. The summed E-state index contributed by atoms with van der Waals surface area (Å²) in [5.74, 6) is 0.401. The molecule has 2 aromatic carbocycles. The van der Waals surface area contributed by atoms with Gasteiger partial charge in [0.15, 0.2) is 0 Å². The van der Waals surface area contributed by atoms with Crippen molar-refractivity contribution in [2.75, 3.05) is 39.3 Å². The molecule has 1 saturated heterocycles. The lowest BCUT2D eigenvalue weighted by atomic mass is 9.85. The standard InChI is InChI=1S/C31H39FN4O3/c1-22(23-8-4-2-5-9-23)33-31(38)39-30-26-20-25(32)12-13-28(26)34-29(24-10-6-3-7-11-24)27(30)21-36-16-14-35(15-17-36)18-19-37/h3,6-7,10-13,20,22-23,37H,2,4-5,8-9,14-19,21H2,1H3,(H,33,38)/t22-/m0/s1. The van der Waals surface area contributed by atoms with Gasteiger partial charge in [-0.3, -0.25) is 9.80 Å². The molecule has 1 atom stereocenters. The first-order valence-corrected chi connectivity index (χ1v) is 14.2. The molecule has 0 radical (unpaired) electrons. The molecule has 2 N–H and O–H groups in total. The summed E-state index contributed by atoms with van der Waals surface area (Å²) in [4.78, 5) is 22.8. The fourth-order valence-electron chi connectivity index (χ4n) is 5.94. The highest BCUT2D eigenvalue weighted by Crippen LogP contribution is 2.37. The van der Waals surface area contributed by atoms with Crippen LogP contribution in [0.3, 0.4) is 0 Å². The molecule has 1 saturated carbocycles. The summed E-state index contributed by atoms with van der Waals surface area (Å²) in [6.07, 6.45) is 5.33. The number of benzene rings is 2. The monoisotopic (exact) mass is 534 g/mol. The van der Waals surface area contributed by atoms with Crippen LogP contribution in [0.2, 0.25) is 0 Å². The molecule has 0 bridgehead atoms. The lowest BCUT2D eigenvalue weighted by Gasteiger charge is -2.35. The van der Waals surface area contributed by atoms with E-state index in [0.29, 0.717) is 35.7 Å². The van der Waals surface area contributed by atoms with Gasteiger partial charge in [-0.05, 0) is 43.9 Å². The summed E-state index contributed by atoms with van der Waals surface area (Å²) in [5, 5.41) is 12.9. The summed E-state index contributed by atoms with van der Waals surface area (Å²) in [7, 11) is 0. The zero-order valence-electron chi connectivity index (χ0n) is 22.7. The normalized spacial score (nSPS) is 18.2. The quantitative estimate of drug-likeness (QED) is 0.413. The highest BCUT2D eigenvalue weighted by atomic mass is 19.1. The second-order valence-corrected chi connectivity index (χ2v) is 10.9. The van der Waals surface area contributed by atoms with E-state index in [-0.39, 0.29) is 12.6 Å². The zero-order chi connectivity index (χ0) is 27.2. The van der Waals surface area contributed by atoms with E-state index in [2.05, 4.69) is 15.1 Å². The molecule has 39 heavy (non-hydrogen) atoms. The van der Waals surface area contributed by atoms with Crippen LogP contribution in [0.25, 0.3) is 22.2 Å². The van der Waals surface area contributed by atoms with Gasteiger partial charge < -0.3 is 15.2 Å². The minimum Gasteiger partial charge on any atom is -0.409 e. The Labute approximate surface area is 230 Å². The molecule has 1 aromatic heterocycles. The Kier molecular flexibility index (Phi) is 9.06. The van der Waals surface area contributed by atoms with Crippen LogP contribution in [0.1, 0.15) is 44.6 Å². The van der Waals surface area contributed by atoms with Crippen LogP contribution in [-0.4, -0.2) is 71.4 Å². The SMILES string of the molecule is C[C@H](NC(=O)Oc1c(CN2CCN(CCO)CC2)c(-c2ccccc2)nc2ccc(F)cc12)C1CCCCC1. The van der Waals surface area contributed by atoms with E-state index in [1.807, 2.05) is 37.3 Å². The number of amides is 1. The predicted octanol–water partition coefficient (Wildman–Crippen LogP) is 5.21. The van der Waals surface area contributed by atoms with E-state index in [0.717, 1.165) is 55.8 Å². The maximum Gasteiger partial charge on any atom is 0.412 e. The maximum atomic E-state index is 14.5. The lowest BCUT2D eigenvalue weighted by Crippen LogP contribution is -2.46. The van der Waals surface area contributed by atoms with Crippen LogP contribution < -0.4 is 10.1 Å². The number of aliphatic hydroxyl groups excluding tert-OH is 1. The van der Waals surface area contributed by atoms with Crippen LogP contribution in [0.15, 0.2) is 48.5 Å². The third-order valence-corrected chi connectivity index (χ3v) is 8.20. The van der Waals surface area contributed by atoms with Crippen LogP contribution in [0, 0.1) is 11.7 Å². The molecule has 0 spiro atoms. The Bertz CT molecular complexity index is 1260. The molecular weight excluding hydrogens is 495 g/mol. The second-order valence-electron chi connectivity index (χ2n) is 10.9. The largest absolute Gasteiger partial charge is 0.412 e. The number of ether oxygens (including phenoxy) is 1. The van der Waals surface area contributed by atoms with Crippen molar-refractivity contribution in [1.29, 1.82) is 0 Å². The van der Waals surface area contributed by atoms with E-state index in [1.165, 1.54) is 31.4 Å². The number of halogens is 1. The van der Waals surface area contributed by atoms with Crippen LogP contribution in [-0.2, 0) is 6.54 Å². The summed E-state index contributed by atoms with van der Waals surface area (Å²) in [5.41, 5.74) is 3.00. The number of hydrogen-bond acceptors (Lipinski definition) is 6. The Morgan fingerprint density at radius 1 is 1.08 bits per heavy atom. The summed E-state index contributed by atoms with van der Waals surface area (Å²) < 4.78 is 20.6. The number of rotatable bonds is 8. The number of nitrogens with zero attached hydrogens (tertiary/aromatic N) is 3. The van der Waals surface area contributed by atoms with Gasteiger partial charge in [-0.15, -0.1) is 0 Å². The molecule has 0 unspecified atom stereocenters. The minimum absolute atomic E-state index is 0.000663. The van der Waals surface area contributed by atoms with Gasteiger partial charge in [0, 0.05) is 61.8 Å². The minimum atomic E-state index is -0.516. The van der Waals surface area contributed by atoms with Gasteiger partial charge in [0.25, 0.3) is 0 Å². The molecule has 2 aliphatic rings. The zero-order valence-corrected chi connectivity index (χ0v) is 22.7. The first-order valence-electron chi connectivity index (χ1n) is 14.2. The van der Waals surface area contributed by atoms with Crippen molar-refractivity contribution in [3.8, 4) is 17.0 Å². The average molecular weight is 535 g/mol. The number of fused-ring (bicyclic) bond motifs is 1. The fourth-order valence-corrected chi connectivity index (χ4v) is 5.94. The molecule has 8 heteroatoms. The van der Waals surface area contributed by atoms with Gasteiger partial charge in [-0.25, -0.2) is 14.2 Å². The topological polar surface area (TPSA) is 77.9 Å². The number of nitrogens with one attached hydrogen (secondary N) is 1. The van der Waals surface area contributed by atoms with Crippen molar-refractivity contribution >= 4 is 17.0 Å². The van der Waals surface area contributed by atoms with Crippen molar-refractivity contribution < 1.29 is 19.0 Å². The predicted molar refractivity (Wildman–Crippen MR) is 151 cm³/mol. The molecule has 1 amide bonds. The number of β-amino-alcohol motifs (C(OH)–C–C–N with tert-alkyl or cyclic N) is 1. The number of piperazine rings is 1. The van der Waals surface area contributed by atoms with E-state index in [9.17, 15) is 14.3 Å². The van der Waals surface area contributed by atoms with Crippen molar-refractivity contribution in [2.45, 2.75) is 51.6 Å². The second kappa shape index (κ2) is 12.9. The van der Waals surface area contributed by atoms with Crippen LogP contribution >= 0.6 is 0 Å². The number of aromatic nitrogens is 1.